The first kappa shape index (κ1) is 14.4. The minimum Gasteiger partial charge on any atom is -0.490 e. The molecule has 1 aromatic carbocycles. The summed E-state index contributed by atoms with van der Waals surface area (Å²) in [7, 11) is 0. The highest BCUT2D eigenvalue weighted by atomic mass is 16.5. The fourth-order valence-corrected chi connectivity index (χ4v) is 3.27. The number of ether oxygens (including phenoxy) is 1. The molecule has 1 aliphatic rings. The number of aromatic amines is 1. The molecule has 4 nitrogen and oxygen atoms in total. The van der Waals surface area contributed by atoms with Crippen molar-refractivity contribution in [2.75, 3.05) is 13.2 Å². The molecule has 2 aromatic rings. The Morgan fingerprint density at radius 1 is 1.29 bits per heavy atom. The number of aliphatic hydroxyl groups excluding tert-OH is 1. The second-order valence-corrected chi connectivity index (χ2v) is 6.13. The fraction of sp³-hybridized carbons (Fsp3) is 0.529. The van der Waals surface area contributed by atoms with E-state index in [9.17, 15) is 5.11 Å². The highest BCUT2D eigenvalue weighted by molar-refractivity contribution is 5.85. The van der Waals surface area contributed by atoms with Crippen LogP contribution < -0.4 is 4.74 Å². The van der Waals surface area contributed by atoms with Crippen LogP contribution >= 0.6 is 0 Å². The lowest BCUT2D eigenvalue weighted by molar-refractivity contribution is 0.0551. The number of benzene rings is 1. The van der Waals surface area contributed by atoms with Crippen LogP contribution in [0, 0.1) is 0 Å². The summed E-state index contributed by atoms with van der Waals surface area (Å²) in [5, 5.41) is 11.3. The lowest BCUT2D eigenvalue weighted by Gasteiger charge is -2.28. The van der Waals surface area contributed by atoms with Crippen molar-refractivity contribution < 1.29 is 9.84 Å². The van der Waals surface area contributed by atoms with Gasteiger partial charge in [0.25, 0.3) is 0 Å². The summed E-state index contributed by atoms with van der Waals surface area (Å²) in [6.07, 6.45) is 3.89. The molecule has 2 heterocycles. The molecular formula is C17H24N2O2. The maximum absolute atomic E-state index is 10.3. The Morgan fingerprint density at radius 2 is 2.05 bits per heavy atom. The van der Waals surface area contributed by atoms with Gasteiger partial charge in [0.15, 0.2) is 0 Å². The first-order valence-electron chi connectivity index (χ1n) is 7.78. The SMILES string of the molecule is CC1CCC(C)N1CC(O)COc1cccc2[nH]ccc12. The number of nitrogens with one attached hydrogen (secondary N) is 1. The number of hydrogen-bond donors (Lipinski definition) is 2. The van der Waals surface area contributed by atoms with E-state index in [4.69, 9.17) is 4.74 Å². The molecule has 1 aliphatic heterocycles. The van der Waals surface area contributed by atoms with E-state index in [1.165, 1.54) is 12.8 Å². The molecule has 1 saturated heterocycles. The van der Waals surface area contributed by atoms with Gasteiger partial charge < -0.3 is 14.8 Å². The van der Waals surface area contributed by atoms with Crippen molar-refractivity contribution in [2.24, 2.45) is 0 Å². The number of aliphatic hydroxyl groups is 1. The average molecular weight is 288 g/mol. The van der Waals surface area contributed by atoms with Gasteiger partial charge in [-0.15, -0.1) is 0 Å². The average Bonchev–Trinajstić information content (AvgIpc) is 3.07. The standard InChI is InChI=1S/C17H24N2O2/c1-12-6-7-13(2)19(12)10-14(20)11-21-17-5-3-4-16-15(17)8-9-18-16/h3-5,8-9,12-14,18,20H,6-7,10-11H2,1-2H3. The molecule has 0 radical (unpaired) electrons. The van der Waals surface area contributed by atoms with Gasteiger partial charge in [-0.25, -0.2) is 0 Å². The molecule has 4 heteroatoms. The molecule has 0 amide bonds. The lowest BCUT2D eigenvalue weighted by Crippen LogP contribution is -2.41. The summed E-state index contributed by atoms with van der Waals surface area (Å²) >= 11 is 0. The van der Waals surface area contributed by atoms with Crippen molar-refractivity contribution in [1.82, 2.24) is 9.88 Å². The van der Waals surface area contributed by atoms with Gasteiger partial charge in [0.2, 0.25) is 0 Å². The van der Waals surface area contributed by atoms with Crippen molar-refractivity contribution in [2.45, 2.75) is 44.9 Å². The zero-order chi connectivity index (χ0) is 14.8. The number of rotatable bonds is 5. The number of aromatic nitrogens is 1. The van der Waals surface area contributed by atoms with Gasteiger partial charge >= 0.3 is 0 Å². The zero-order valence-corrected chi connectivity index (χ0v) is 12.7. The van der Waals surface area contributed by atoms with Crippen LogP contribution in [0.2, 0.25) is 0 Å². The van der Waals surface area contributed by atoms with Crippen molar-refractivity contribution in [3.05, 3.63) is 30.5 Å². The largest absolute Gasteiger partial charge is 0.490 e. The number of likely N-dealkylation sites (tertiary alicyclic amines) is 1. The van der Waals surface area contributed by atoms with Crippen molar-refractivity contribution >= 4 is 10.9 Å². The van der Waals surface area contributed by atoms with Gasteiger partial charge in [-0.1, -0.05) is 6.07 Å². The minimum absolute atomic E-state index is 0.334. The van der Waals surface area contributed by atoms with Crippen LogP contribution in [0.5, 0.6) is 5.75 Å². The van der Waals surface area contributed by atoms with Crippen molar-refractivity contribution in [1.29, 1.82) is 0 Å². The summed E-state index contributed by atoms with van der Waals surface area (Å²) in [6, 6.07) is 9.05. The quantitative estimate of drug-likeness (QED) is 0.889. The predicted octanol–water partition coefficient (Wildman–Crippen LogP) is 2.78. The summed E-state index contributed by atoms with van der Waals surface area (Å²) in [6.45, 7) is 5.49. The summed E-state index contributed by atoms with van der Waals surface area (Å²) in [4.78, 5) is 5.55. The molecule has 3 unspecified atom stereocenters. The maximum atomic E-state index is 10.3. The Labute approximate surface area is 125 Å². The summed E-state index contributed by atoms with van der Waals surface area (Å²) in [5.74, 6) is 0.829. The van der Waals surface area contributed by atoms with E-state index in [1.54, 1.807) is 0 Å². The number of nitrogens with zero attached hydrogens (tertiary/aromatic N) is 1. The predicted molar refractivity (Wildman–Crippen MR) is 84.7 cm³/mol. The molecule has 0 aliphatic carbocycles. The van der Waals surface area contributed by atoms with Crippen LogP contribution in [0.1, 0.15) is 26.7 Å². The van der Waals surface area contributed by atoms with Crippen LogP contribution in [0.25, 0.3) is 10.9 Å². The molecule has 0 saturated carbocycles. The molecular weight excluding hydrogens is 264 g/mol. The van der Waals surface area contributed by atoms with E-state index in [1.807, 2.05) is 30.5 Å². The topological polar surface area (TPSA) is 48.5 Å². The summed E-state index contributed by atoms with van der Waals surface area (Å²) in [5.41, 5.74) is 1.06. The number of fused-ring (bicyclic) bond motifs is 1. The van der Waals surface area contributed by atoms with Crippen molar-refractivity contribution in [3.63, 3.8) is 0 Å². The van der Waals surface area contributed by atoms with Gasteiger partial charge in [0.05, 0.1) is 0 Å². The highest BCUT2D eigenvalue weighted by Gasteiger charge is 2.28. The Morgan fingerprint density at radius 3 is 2.81 bits per heavy atom. The Balaban J connectivity index is 1.58. The smallest absolute Gasteiger partial charge is 0.128 e. The molecule has 2 N–H and O–H groups in total. The first-order valence-corrected chi connectivity index (χ1v) is 7.78. The molecule has 3 atom stereocenters. The van der Waals surface area contributed by atoms with Gasteiger partial charge in [0.1, 0.15) is 18.5 Å². The monoisotopic (exact) mass is 288 g/mol. The van der Waals surface area contributed by atoms with Crippen LogP contribution in [0.15, 0.2) is 30.5 Å². The molecule has 1 aromatic heterocycles. The third-order valence-corrected chi connectivity index (χ3v) is 4.54. The first-order chi connectivity index (χ1) is 10.1. The third kappa shape index (κ3) is 3.06. The van der Waals surface area contributed by atoms with Crippen LogP contribution in [-0.4, -0.2) is 46.3 Å². The molecule has 0 spiro atoms. The molecule has 21 heavy (non-hydrogen) atoms. The number of β-amino-alcohol motifs (C(OH)–C–C–N with tert-alkyl or cyclic N) is 1. The van der Waals surface area contributed by atoms with Gasteiger partial charge in [-0.05, 0) is 44.9 Å². The van der Waals surface area contributed by atoms with E-state index in [2.05, 4.69) is 23.7 Å². The van der Waals surface area contributed by atoms with Crippen LogP contribution in [-0.2, 0) is 0 Å². The van der Waals surface area contributed by atoms with E-state index in [-0.39, 0.29) is 0 Å². The Bertz CT molecular complexity index is 585. The van der Waals surface area contributed by atoms with Crippen LogP contribution in [0.3, 0.4) is 0 Å². The normalized spacial score (nSPS) is 24.5. The minimum atomic E-state index is -0.456. The highest BCUT2D eigenvalue weighted by Crippen LogP contribution is 2.26. The van der Waals surface area contributed by atoms with Crippen molar-refractivity contribution in [3.8, 4) is 5.75 Å². The zero-order valence-electron chi connectivity index (χ0n) is 12.7. The third-order valence-electron chi connectivity index (χ3n) is 4.54. The van der Waals surface area contributed by atoms with E-state index in [0.717, 1.165) is 16.7 Å². The maximum Gasteiger partial charge on any atom is 0.128 e. The lowest BCUT2D eigenvalue weighted by atomic mass is 10.2. The van der Waals surface area contributed by atoms with E-state index < -0.39 is 6.10 Å². The number of hydrogen-bond acceptors (Lipinski definition) is 3. The second kappa shape index (κ2) is 6.08. The molecule has 3 rings (SSSR count). The fourth-order valence-electron chi connectivity index (χ4n) is 3.27. The summed E-state index contributed by atoms with van der Waals surface area (Å²) < 4.78 is 5.82. The van der Waals surface area contributed by atoms with E-state index in [0.29, 0.717) is 25.2 Å². The van der Waals surface area contributed by atoms with Gasteiger partial charge in [-0.3, -0.25) is 4.90 Å². The molecule has 1 fully saturated rings. The van der Waals surface area contributed by atoms with E-state index >= 15 is 0 Å². The van der Waals surface area contributed by atoms with Gasteiger partial charge in [-0.2, -0.15) is 0 Å². The number of H-pyrrole nitrogens is 1. The van der Waals surface area contributed by atoms with Gasteiger partial charge in [0, 0.05) is 35.7 Å². The van der Waals surface area contributed by atoms with Crippen LogP contribution in [0.4, 0.5) is 0 Å². The Hall–Kier alpha value is -1.52. The molecule has 114 valence electrons. The Kier molecular flexibility index (Phi) is 4.17. The molecule has 0 bridgehead atoms. The second-order valence-electron chi connectivity index (χ2n) is 6.13.